The zero-order valence-corrected chi connectivity index (χ0v) is 9.37. The lowest BCUT2D eigenvalue weighted by Crippen LogP contribution is -2.40. The number of amides is 1. The van der Waals surface area contributed by atoms with Crippen LogP contribution >= 0.6 is 0 Å². The predicted molar refractivity (Wildman–Crippen MR) is 60.1 cm³/mol. The van der Waals surface area contributed by atoms with Gasteiger partial charge in [0.1, 0.15) is 6.04 Å². The zero-order valence-electron chi connectivity index (χ0n) is 9.37. The van der Waals surface area contributed by atoms with Crippen LogP contribution in [0.15, 0.2) is 23.1 Å². The SMILES string of the molecule is O=C(O)[C@@H]1C[C@@H](O)CN1C(=O)c1cc[nH]c(=O)c1. The molecule has 1 aliphatic heterocycles. The van der Waals surface area contributed by atoms with Crippen LogP contribution in [0.2, 0.25) is 0 Å². The predicted octanol–water partition coefficient (Wildman–Crippen LogP) is -0.965. The molecular weight excluding hydrogens is 240 g/mol. The van der Waals surface area contributed by atoms with Crippen molar-refractivity contribution in [2.45, 2.75) is 18.6 Å². The summed E-state index contributed by atoms with van der Waals surface area (Å²) in [6.45, 7) is -0.0391. The highest BCUT2D eigenvalue weighted by Gasteiger charge is 2.39. The monoisotopic (exact) mass is 252 g/mol. The van der Waals surface area contributed by atoms with E-state index in [2.05, 4.69) is 4.98 Å². The van der Waals surface area contributed by atoms with Gasteiger partial charge in [-0.1, -0.05) is 0 Å². The number of rotatable bonds is 2. The number of carboxylic acid groups (broad SMARTS) is 1. The Morgan fingerprint density at radius 3 is 2.78 bits per heavy atom. The van der Waals surface area contributed by atoms with Crippen LogP contribution < -0.4 is 5.56 Å². The molecule has 0 spiro atoms. The molecule has 1 saturated heterocycles. The van der Waals surface area contributed by atoms with Gasteiger partial charge in [-0.05, 0) is 6.07 Å². The first-order chi connectivity index (χ1) is 8.49. The largest absolute Gasteiger partial charge is 0.480 e. The molecule has 1 aromatic rings. The molecule has 2 heterocycles. The molecule has 2 rings (SSSR count). The van der Waals surface area contributed by atoms with Gasteiger partial charge in [-0.2, -0.15) is 0 Å². The van der Waals surface area contributed by atoms with E-state index in [-0.39, 0.29) is 18.5 Å². The van der Waals surface area contributed by atoms with E-state index in [9.17, 15) is 19.5 Å². The van der Waals surface area contributed by atoms with E-state index in [1.165, 1.54) is 12.3 Å². The third-order valence-electron chi connectivity index (χ3n) is 2.85. The van der Waals surface area contributed by atoms with Crippen LogP contribution in [-0.4, -0.2) is 50.7 Å². The van der Waals surface area contributed by atoms with Gasteiger partial charge in [-0.3, -0.25) is 9.59 Å². The lowest BCUT2D eigenvalue weighted by atomic mass is 10.2. The van der Waals surface area contributed by atoms with Crippen molar-refractivity contribution in [3.63, 3.8) is 0 Å². The van der Waals surface area contributed by atoms with Crippen LogP contribution in [0.3, 0.4) is 0 Å². The van der Waals surface area contributed by atoms with Crippen LogP contribution in [0, 0.1) is 0 Å². The summed E-state index contributed by atoms with van der Waals surface area (Å²) in [7, 11) is 0. The maximum Gasteiger partial charge on any atom is 0.326 e. The number of carboxylic acids is 1. The molecule has 7 heteroatoms. The number of carbonyl (C=O) groups excluding carboxylic acids is 1. The average molecular weight is 252 g/mol. The van der Waals surface area contributed by atoms with E-state index in [4.69, 9.17) is 5.11 Å². The Morgan fingerprint density at radius 1 is 1.44 bits per heavy atom. The molecule has 1 fully saturated rings. The molecule has 0 aromatic carbocycles. The van der Waals surface area contributed by atoms with Crippen LogP contribution in [0.4, 0.5) is 0 Å². The van der Waals surface area contributed by atoms with Crippen molar-refractivity contribution in [3.8, 4) is 0 Å². The van der Waals surface area contributed by atoms with Gasteiger partial charge < -0.3 is 20.1 Å². The summed E-state index contributed by atoms with van der Waals surface area (Å²) in [4.78, 5) is 37.6. The summed E-state index contributed by atoms with van der Waals surface area (Å²) in [5, 5.41) is 18.4. The van der Waals surface area contributed by atoms with E-state index in [1.807, 2.05) is 0 Å². The van der Waals surface area contributed by atoms with E-state index >= 15 is 0 Å². The second-order valence-corrected chi connectivity index (χ2v) is 4.14. The van der Waals surface area contributed by atoms with E-state index < -0.39 is 29.6 Å². The standard InChI is InChI=1S/C11H12N2O5/c14-7-4-8(11(17)18)13(5-7)10(16)6-1-2-12-9(15)3-6/h1-3,7-8,14H,4-5H2,(H,12,15)(H,17,18)/t7-,8+/m1/s1. The highest BCUT2D eigenvalue weighted by Crippen LogP contribution is 2.20. The smallest absolute Gasteiger partial charge is 0.326 e. The molecule has 0 radical (unpaired) electrons. The number of aromatic nitrogens is 1. The first kappa shape index (κ1) is 12.3. The van der Waals surface area contributed by atoms with Gasteiger partial charge in [0.2, 0.25) is 5.56 Å². The number of aromatic amines is 1. The lowest BCUT2D eigenvalue weighted by Gasteiger charge is -2.20. The second kappa shape index (κ2) is 4.61. The Bertz CT molecular complexity index is 538. The van der Waals surface area contributed by atoms with Crippen molar-refractivity contribution in [3.05, 3.63) is 34.2 Å². The molecule has 1 aromatic heterocycles. The number of likely N-dealkylation sites (tertiary alicyclic amines) is 1. The average Bonchev–Trinajstić information content (AvgIpc) is 2.70. The molecule has 1 amide bonds. The summed E-state index contributed by atoms with van der Waals surface area (Å²) in [5.41, 5.74) is -0.327. The number of aliphatic hydroxyl groups excluding tert-OH is 1. The van der Waals surface area contributed by atoms with E-state index in [1.54, 1.807) is 0 Å². The second-order valence-electron chi connectivity index (χ2n) is 4.14. The van der Waals surface area contributed by atoms with Gasteiger partial charge in [0, 0.05) is 30.8 Å². The Balaban J connectivity index is 2.28. The van der Waals surface area contributed by atoms with Crippen LogP contribution in [0.1, 0.15) is 16.8 Å². The van der Waals surface area contributed by atoms with E-state index in [0.29, 0.717) is 0 Å². The molecule has 2 atom stereocenters. The fourth-order valence-electron chi connectivity index (χ4n) is 2.02. The van der Waals surface area contributed by atoms with Gasteiger partial charge >= 0.3 is 5.97 Å². The number of hydrogen-bond acceptors (Lipinski definition) is 4. The van der Waals surface area contributed by atoms with Gasteiger partial charge in [0.05, 0.1) is 6.10 Å². The zero-order chi connectivity index (χ0) is 13.3. The molecule has 0 bridgehead atoms. The quantitative estimate of drug-likeness (QED) is 0.627. The van der Waals surface area contributed by atoms with Crippen molar-refractivity contribution < 1.29 is 19.8 Å². The summed E-state index contributed by atoms with van der Waals surface area (Å²) in [5.74, 6) is -1.73. The van der Waals surface area contributed by atoms with Crippen LogP contribution in [0.25, 0.3) is 0 Å². The third-order valence-corrected chi connectivity index (χ3v) is 2.85. The number of carbonyl (C=O) groups is 2. The number of aliphatic carboxylic acids is 1. The van der Waals surface area contributed by atoms with E-state index in [0.717, 1.165) is 11.0 Å². The number of β-amino-alcohol motifs (C(OH)–C–C–N with tert-alkyl or cyclic N) is 1. The molecule has 96 valence electrons. The summed E-state index contributed by atoms with van der Waals surface area (Å²) in [6, 6.07) is 1.45. The minimum atomic E-state index is -1.16. The Kier molecular flexibility index (Phi) is 3.15. The molecule has 3 N–H and O–H groups in total. The highest BCUT2D eigenvalue weighted by atomic mass is 16.4. The number of hydrogen-bond donors (Lipinski definition) is 3. The Morgan fingerprint density at radius 2 is 2.17 bits per heavy atom. The third kappa shape index (κ3) is 2.25. The van der Waals surface area contributed by atoms with Crippen LogP contribution in [-0.2, 0) is 4.79 Å². The first-order valence-electron chi connectivity index (χ1n) is 5.39. The Hall–Kier alpha value is -2.15. The number of H-pyrrole nitrogens is 1. The molecule has 0 saturated carbocycles. The van der Waals surface area contributed by atoms with Gasteiger partial charge in [-0.25, -0.2) is 4.79 Å². The number of nitrogens with zero attached hydrogens (tertiary/aromatic N) is 1. The van der Waals surface area contributed by atoms with Gasteiger partial charge in [0.15, 0.2) is 0 Å². The minimum Gasteiger partial charge on any atom is -0.480 e. The molecular formula is C11H12N2O5. The fraction of sp³-hybridized carbons (Fsp3) is 0.364. The summed E-state index contributed by atoms with van der Waals surface area (Å²) < 4.78 is 0. The van der Waals surface area contributed by atoms with Crippen LogP contribution in [0.5, 0.6) is 0 Å². The summed E-state index contributed by atoms with van der Waals surface area (Å²) >= 11 is 0. The maximum absolute atomic E-state index is 12.1. The first-order valence-corrected chi connectivity index (χ1v) is 5.39. The van der Waals surface area contributed by atoms with Crippen molar-refractivity contribution in [1.82, 2.24) is 9.88 Å². The maximum atomic E-state index is 12.1. The van der Waals surface area contributed by atoms with Crippen molar-refractivity contribution in [1.29, 1.82) is 0 Å². The fourth-order valence-corrected chi connectivity index (χ4v) is 2.02. The summed E-state index contributed by atoms with van der Waals surface area (Å²) in [6.07, 6.45) is 0.472. The highest BCUT2D eigenvalue weighted by molar-refractivity contribution is 5.96. The number of nitrogens with one attached hydrogen (secondary N) is 1. The van der Waals surface area contributed by atoms with Crippen molar-refractivity contribution in [2.24, 2.45) is 0 Å². The molecule has 1 aliphatic rings. The topological polar surface area (TPSA) is 111 Å². The van der Waals surface area contributed by atoms with Gasteiger partial charge in [0.25, 0.3) is 5.91 Å². The molecule has 0 unspecified atom stereocenters. The molecule has 0 aliphatic carbocycles. The van der Waals surface area contributed by atoms with Gasteiger partial charge in [-0.15, -0.1) is 0 Å². The molecule has 18 heavy (non-hydrogen) atoms. The normalized spacial score (nSPS) is 23.1. The number of aliphatic hydroxyl groups is 1. The molecule has 7 nitrogen and oxygen atoms in total. The number of pyridine rings is 1. The Labute approximate surface area is 102 Å². The van der Waals surface area contributed by atoms with Crippen molar-refractivity contribution >= 4 is 11.9 Å². The lowest BCUT2D eigenvalue weighted by molar-refractivity contribution is -0.141. The van der Waals surface area contributed by atoms with Crippen molar-refractivity contribution in [2.75, 3.05) is 6.54 Å². The minimum absolute atomic E-state index is 0.00423.